The van der Waals surface area contributed by atoms with E-state index in [-0.39, 0.29) is 0 Å². The van der Waals surface area contributed by atoms with Crippen LogP contribution >= 0.6 is 0 Å². The average molecular weight is 201 g/mol. The van der Waals surface area contributed by atoms with Crippen LogP contribution in [0.1, 0.15) is 24.5 Å². The van der Waals surface area contributed by atoms with Gasteiger partial charge in [-0.05, 0) is 37.4 Å². The van der Waals surface area contributed by atoms with Crippen LogP contribution < -0.4 is 5.73 Å². The Morgan fingerprint density at radius 3 is 2.80 bits per heavy atom. The Morgan fingerprint density at radius 1 is 1.27 bits per heavy atom. The highest BCUT2D eigenvalue weighted by molar-refractivity contribution is 5.77. The van der Waals surface area contributed by atoms with Crippen LogP contribution in [0, 0.1) is 5.92 Å². The summed E-state index contributed by atoms with van der Waals surface area (Å²) in [5, 5.41) is 1.20. The van der Waals surface area contributed by atoms with Gasteiger partial charge in [0.1, 0.15) is 11.3 Å². The smallest absolute Gasteiger partial charge is 0.134 e. The normalized spacial score (nSPS) is 25.4. The Balaban J connectivity index is 1.98. The Kier molecular flexibility index (Phi) is 2.03. The van der Waals surface area contributed by atoms with Crippen LogP contribution in [-0.4, -0.2) is 6.54 Å². The molecular weight excluding hydrogens is 186 g/mol. The molecule has 0 amide bonds. The third-order valence-corrected chi connectivity index (χ3v) is 3.53. The van der Waals surface area contributed by atoms with E-state index in [1.54, 1.807) is 0 Å². The molecule has 78 valence electrons. The summed E-state index contributed by atoms with van der Waals surface area (Å²) in [4.78, 5) is 0. The summed E-state index contributed by atoms with van der Waals surface area (Å²) < 4.78 is 5.85. The molecule has 15 heavy (non-hydrogen) atoms. The van der Waals surface area contributed by atoms with Gasteiger partial charge in [0.05, 0.1) is 0 Å². The lowest BCUT2D eigenvalue weighted by Gasteiger charge is -2.34. The predicted molar refractivity (Wildman–Crippen MR) is 60.7 cm³/mol. The number of hydrogen-bond acceptors (Lipinski definition) is 2. The topological polar surface area (TPSA) is 39.2 Å². The zero-order valence-electron chi connectivity index (χ0n) is 8.65. The molecule has 0 bridgehead atoms. The van der Waals surface area contributed by atoms with Crippen molar-refractivity contribution in [1.29, 1.82) is 0 Å². The summed E-state index contributed by atoms with van der Waals surface area (Å²) in [6.07, 6.45) is 2.47. The van der Waals surface area contributed by atoms with Crippen LogP contribution in [0.25, 0.3) is 11.0 Å². The van der Waals surface area contributed by atoms with E-state index in [0.717, 1.165) is 17.9 Å². The molecular formula is C13H15NO. The summed E-state index contributed by atoms with van der Waals surface area (Å²) in [6.45, 7) is 0.779. The molecule has 3 rings (SSSR count). The number of hydrogen-bond donors (Lipinski definition) is 1. The third-order valence-electron chi connectivity index (χ3n) is 3.53. The largest absolute Gasteiger partial charge is 0.461 e. The molecule has 2 aromatic rings. The van der Waals surface area contributed by atoms with Crippen molar-refractivity contribution in [3.8, 4) is 0 Å². The van der Waals surface area contributed by atoms with E-state index in [4.69, 9.17) is 10.2 Å². The van der Waals surface area contributed by atoms with E-state index < -0.39 is 0 Å². The minimum absolute atomic E-state index is 0.558. The Morgan fingerprint density at radius 2 is 2.13 bits per heavy atom. The lowest BCUT2D eigenvalue weighted by atomic mass is 9.72. The molecule has 0 radical (unpaired) electrons. The fourth-order valence-electron chi connectivity index (χ4n) is 2.41. The molecule has 2 N–H and O–H groups in total. The van der Waals surface area contributed by atoms with Gasteiger partial charge in [-0.3, -0.25) is 0 Å². The van der Waals surface area contributed by atoms with Gasteiger partial charge in [0.2, 0.25) is 0 Å². The van der Waals surface area contributed by atoms with Gasteiger partial charge in [-0.25, -0.2) is 0 Å². The molecule has 1 saturated carbocycles. The molecule has 1 aliphatic carbocycles. The second-order valence-corrected chi connectivity index (χ2v) is 4.37. The van der Waals surface area contributed by atoms with Crippen LogP contribution in [0.3, 0.4) is 0 Å². The van der Waals surface area contributed by atoms with Gasteiger partial charge in [0.25, 0.3) is 0 Å². The number of rotatable bonds is 2. The van der Waals surface area contributed by atoms with Gasteiger partial charge in [-0.1, -0.05) is 18.2 Å². The van der Waals surface area contributed by atoms with Crippen molar-refractivity contribution in [3.63, 3.8) is 0 Å². The first-order valence-corrected chi connectivity index (χ1v) is 5.57. The van der Waals surface area contributed by atoms with E-state index in [9.17, 15) is 0 Å². The minimum Gasteiger partial charge on any atom is -0.461 e. The SMILES string of the molecule is NCC1CCC1c1cc2ccccc2o1. The molecule has 2 atom stereocenters. The summed E-state index contributed by atoms with van der Waals surface area (Å²) in [6, 6.07) is 10.3. The Bertz CT molecular complexity index is 439. The van der Waals surface area contributed by atoms with Crippen molar-refractivity contribution in [2.45, 2.75) is 18.8 Å². The van der Waals surface area contributed by atoms with Crippen molar-refractivity contribution in [2.75, 3.05) is 6.54 Å². The van der Waals surface area contributed by atoms with Crippen molar-refractivity contribution >= 4 is 11.0 Å². The standard InChI is InChI=1S/C13H15NO/c14-8-10-5-6-11(10)13-7-9-3-1-2-4-12(9)15-13/h1-4,7,10-11H,5-6,8,14H2. The number of benzene rings is 1. The Hall–Kier alpha value is -1.28. The quantitative estimate of drug-likeness (QED) is 0.811. The first-order valence-electron chi connectivity index (χ1n) is 5.57. The average Bonchev–Trinajstić information content (AvgIpc) is 2.59. The van der Waals surface area contributed by atoms with E-state index in [1.165, 1.54) is 18.2 Å². The predicted octanol–water partition coefficient (Wildman–Crippen LogP) is 2.89. The summed E-state index contributed by atoms with van der Waals surface area (Å²) in [5.41, 5.74) is 6.71. The first-order chi connectivity index (χ1) is 7.38. The minimum atomic E-state index is 0.558. The maximum Gasteiger partial charge on any atom is 0.134 e. The molecule has 1 aromatic heterocycles. The van der Waals surface area contributed by atoms with E-state index >= 15 is 0 Å². The molecule has 0 spiro atoms. The second kappa shape index (κ2) is 3.38. The molecule has 2 nitrogen and oxygen atoms in total. The van der Waals surface area contributed by atoms with Crippen LogP contribution in [0.2, 0.25) is 0 Å². The van der Waals surface area contributed by atoms with Crippen molar-refractivity contribution in [1.82, 2.24) is 0 Å². The number of fused-ring (bicyclic) bond motifs is 1. The molecule has 0 aliphatic heterocycles. The maximum absolute atomic E-state index is 5.85. The fourth-order valence-corrected chi connectivity index (χ4v) is 2.41. The summed E-state index contributed by atoms with van der Waals surface area (Å²) in [5.74, 6) is 2.31. The molecule has 1 aromatic carbocycles. The van der Waals surface area contributed by atoms with Gasteiger partial charge < -0.3 is 10.2 Å². The highest BCUT2D eigenvalue weighted by Crippen LogP contribution is 2.43. The van der Waals surface area contributed by atoms with Crippen LogP contribution in [0.4, 0.5) is 0 Å². The van der Waals surface area contributed by atoms with Crippen molar-refractivity contribution in [2.24, 2.45) is 11.7 Å². The molecule has 1 heterocycles. The van der Waals surface area contributed by atoms with E-state index in [1.807, 2.05) is 18.2 Å². The van der Waals surface area contributed by atoms with Gasteiger partial charge in [0, 0.05) is 11.3 Å². The zero-order chi connectivity index (χ0) is 10.3. The lowest BCUT2D eigenvalue weighted by Crippen LogP contribution is -2.30. The summed E-state index contributed by atoms with van der Waals surface area (Å²) in [7, 11) is 0. The van der Waals surface area contributed by atoms with Gasteiger partial charge in [-0.2, -0.15) is 0 Å². The molecule has 0 saturated heterocycles. The van der Waals surface area contributed by atoms with Crippen LogP contribution in [0.15, 0.2) is 34.7 Å². The first kappa shape index (κ1) is 8.98. The third kappa shape index (κ3) is 1.37. The number of para-hydroxylation sites is 1. The molecule has 1 fully saturated rings. The molecule has 2 heteroatoms. The lowest BCUT2D eigenvalue weighted by molar-refractivity contribution is 0.233. The number of nitrogens with two attached hydrogens (primary N) is 1. The van der Waals surface area contributed by atoms with Crippen molar-refractivity contribution < 1.29 is 4.42 Å². The van der Waals surface area contributed by atoms with Gasteiger partial charge in [-0.15, -0.1) is 0 Å². The van der Waals surface area contributed by atoms with Crippen LogP contribution in [0.5, 0.6) is 0 Å². The summed E-state index contributed by atoms with van der Waals surface area (Å²) >= 11 is 0. The molecule has 1 aliphatic rings. The van der Waals surface area contributed by atoms with E-state index in [0.29, 0.717) is 11.8 Å². The zero-order valence-corrected chi connectivity index (χ0v) is 8.65. The number of furan rings is 1. The fraction of sp³-hybridized carbons (Fsp3) is 0.385. The van der Waals surface area contributed by atoms with E-state index in [2.05, 4.69) is 12.1 Å². The monoisotopic (exact) mass is 201 g/mol. The maximum atomic E-state index is 5.85. The second-order valence-electron chi connectivity index (χ2n) is 4.37. The van der Waals surface area contributed by atoms with Crippen molar-refractivity contribution in [3.05, 3.63) is 36.1 Å². The van der Waals surface area contributed by atoms with Gasteiger partial charge in [0.15, 0.2) is 0 Å². The highest BCUT2D eigenvalue weighted by atomic mass is 16.3. The van der Waals surface area contributed by atoms with Crippen LogP contribution in [-0.2, 0) is 0 Å². The highest BCUT2D eigenvalue weighted by Gasteiger charge is 2.33. The Labute approximate surface area is 89.1 Å². The molecule has 2 unspecified atom stereocenters. The van der Waals surface area contributed by atoms with Gasteiger partial charge >= 0.3 is 0 Å².